The summed E-state index contributed by atoms with van der Waals surface area (Å²) in [5.41, 5.74) is 1.64. The molecule has 33 heavy (non-hydrogen) atoms. The minimum Gasteiger partial charge on any atom is -0.449 e. The van der Waals surface area contributed by atoms with Crippen LogP contribution in [0.4, 0.5) is 5.69 Å². The van der Waals surface area contributed by atoms with E-state index in [-0.39, 0.29) is 16.4 Å². The number of sulfonamides is 1. The maximum absolute atomic E-state index is 12.9. The number of esters is 1. The van der Waals surface area contributed by atoms with E-state index in [0.717, 1.165) is 5.56 Å². The summed E-state index contributed by atoms with van der Waals surface area (Å²) in [6.45, 7) is 1.90. The summed E-state index contributed by atoms with van der Waals surface area (Å²) in [6, 6.07) is 23.6. The van der Waals surface area contributed by atoms with Crippen molar-refractivity contribution in [2.24, 2.45) is 0 Å². The van der Waals surface area contributed by atoms with Gasteiger partial charge in [-0.25, -0.2) is 13.2 Å². The van der Waals surface area contributed by atoms with Crippen LogP contribution in [0, 0.1) is 0 Å². The lowest BCUT2D eigenvalue weighted by Gasteiger charge is -2.22. The molecule has 0 fully saturated rings. The second-order valence-corrected chi connectivity index (χ2v) is 9.53. The molecule has 0 aromatic heterocycles. The van der Waals surface area contributed by atoms with E-state index in [1.807, 2.05) is 30.3 Å². The van der Waals surface area contributed by atoms with Crippen LogP contribution in [0.3, 0.4) is 0 Å². The van der Waals surface area contributed by atoms with Gasteiger partial charge in [-0.15, -0.1) is 0 Å². The van der Waals surface area contributed by atoms with Crippen LogP contribution < -0.4 is 4.31 Å². The molecular weight excluding hydrogens is 440 g/mol. The molecule has 0 radical (unpaired) electrons. The standard InChI is InChI=1S/C25H26N2O5S/c1-19(24(28)26(2)18-20-10-6-4-7-11-20)32-25(29)21-14-16-23(17-15-21)33(30,31)27(3)22-12-8-5-9-13-22/h4-17,19H,18H2,1-3H3. The van der Waals surface area contributed by atoms with E-state index in [0.29, 0.717) is 12.2 Å². The molecule has 3 aromatic rings. The van der Waals surface area contributed by atoms with Crippen molar-refractivity contribution in [3.63, 3.8) is 0 Å². The molecule has 0 aliphatic heterocycles. The molecule has 0 N–H and O–H groups in total. The third-order valence-corrected chi connectivity index (χ3v) is 6.94. The summed E-state index contributed by atoms with van der Waals surface area (Å²) in [5, 5.41) is 0. The average Bonchev–Trinajstić information content (AvgIpc) is 2.84. The Morgan fingerprint density at radius 2 is 1.39 bits per heavy atom. The minimum absolute atomic E-state index is 0.0390. The van der Waals surface area contributed by atoms with Gasteiger partial charge in [0.25, 0.3) is 15.9 Å². The summed E-state index contributed by atoms with van der Waals surface area (Å²) in [6.07, 6.45) is -0.987. The van der Waals surface area contributed by atoms with Crippen LogP contribution >= 0.6 is 0 Å². The summed E-state index contributed by atoms with van der Waals surface area (Å²) >= 11 is 0. The van der Waals surface area contributed by atoms with Crippen molar-refractivity contribution in [2.75, 3.05) is 18.4 Å². The highest BCUT2D eigenvalue weighted by molar-refractivity contribution is 7.92. The number of amides is 1. The van der Waals surface area contributed by atoms with Crippen molar-refractivity contribution in [2.45, 2.75) is 24.5 Å². The average molecular weight is 467 g/mol. The number of hydrogen-bond acceptors (Lipinski definition) is 5. The first-order valence-electron chi connectivity index (χ1n) is 10.3. The molecule has 0 bridgehead atoms. The Hall–Kier alpha value is -3.65. The van der Waals surface area contributed by atoms with Gasteiger partial charge in [-0.2, -0.15) is 0 Å². The van der Waals surface area contributed by atoms with Crippen molar-refractivity contribution >= 4 is 27.6 Å². The number of carbonyl (C=O) groups is 2. The molecule has 0 aliphatic carbocycles. The number of rotatable bonds is 8. The van der Waals surface area contributed by atoms with E-state index in [2.05, 4.69) is 0 Å². The van der Waals surface area contributed by atoms with Gasteiger partial charge in [-0.05, 0) is 48.9 Å². The van der Waals surface area contributed by atoms with Crippen LogP contribution in [0.5, 0.6) is 0 Å². The lowest BCUT2D eigenvalue weighted by Crippen LogP contribution is -2.37. The number of anilines is 1. The Labute approximate surface area is 194 Å². The van der Waals surface area contributed by atoms with Crippen molar-refractivity contribution in [3.8, 4) is 0 Å². The van der Waals surface area contributed by atoms with E-state index in [1.54, 1.807) is 37.4 Å². The van der Waals surface area contributed by atoms with Gasteiger partial charge >= 0.3 is 5.97 Å². The molecule has 0 heterocycles. The maximum Gasteiger partial charge on any atom is 0.338 e. The first-order chi connectivity index (χ1) is 15.7. The monoisotopic (exact) mass is 466 g/mol. The molecule has 3 aromatic carbocycles. The number of carbonyl (C=O) groups excluding carboxylic acids is 2. The Kier molecular flexibility index (Phi) is 7.50. The van der Waals surface area contributed by atoms with Gasteiger partial charge in [-0.1, -0.05) is 48.5 Å². The van der Waals surface area contributed by atoms with Gasteiger partial charge in [0, 0.05) is 20.6 Å². The highest BCUT2D eigenvalue weighted by Crippen LogP contribution is 2.22. The van der Waals surface area contributed by atoms with Crippen molar-refractivity contribution < 1.29 is 22.7 Å². The molecule has 1 unspecified atom stereocenters. The molecule has 1 atom stereocenters. The second kappa shape index (κ2) is 10.3. The lowest BCUT2D eigenvalue weighted by atomic mass is 10.2. The lowest BCUT2D eigenvalue weighted by molar-refractivity contribution is -0.139. The number of hydrogen-bond donors (Lipinski definition) is 0. The van der Waals surface area contributed by atoms with Gasteiger partial charge < -0.3 is 9.64 Å². The van der Waals surface area contributed by atoms with Gasteiger partial charge in [0.1, 0.15) is 0 Å². The fourth-order valence-electron chi connectivity index (χ4n) is 3.22. The molecule has 0 aliphatic rings. The smallest absolute Gasteiger partial charge is 0.338 e. The molecule has 0 spiro atoms. The molecule has 1 amide bonds. The predicted molar refractivity (Wildman–Crippen MR) is 126 cm³/mol. The third-order valence-electron chi connectivity index (χ3n) is 5.14. The fourth-order valence-corrected chi connectivity index (χ4v) is 4.42. The first kappa shape index (κ1) is 24.0. The van der Waals surface area contributed by atoms with E-state index >= 15 is 0 Å². The number of ether oxygens (including phenoxy) is 1. The SMILES string of the molecule is CC(OC(=O)c1ccc(S(=O)(=O)N(C)c2ccccc2)cc1)C(=O)N(C)Cc1ccccc1. The zero-order chi connectivity index (χ0) is 24.0. The van der Waals surface area contributed by atoms with E-state index in [9.17, 15) is 18.0 Å². The van der Waals surface area contributed by atoms with Gasteiger partial charge in [0.15, 0.2) is 6.10 Å². The highest BCUT2D eigenvalue weighted by Gasteiger charge is 2.24. The fraction of sp³-hybridized carbons (Fsp3) is 0.200. The first-order valence-corrected chi connectivity index (χ1v) is 11.8. The van der Waals surface area contributed by atoms with Crippen LogP contribution in [0.1, 0.15) is 22.8 Å². The molecular formula is C25H26N2O5S. The number of likely N-dealkylation sites (N-methyl/N-ethyl adjacent to an activating group) is 1. The topological polar surface area (TPSA) is 84.0 Å². The quantitative estimate of drug-likeness (QED) is 0.473. The van der Waals surface area contributed by atoms with Crippen molar-refractivity contribution in [1.82, 2.24) is 4.90 Å². The zero-order valence-corrected chi connectivity index (χ0v) is 19.5. The minimum atomic E-state index is -3.79. The van der Waals surface area contributed by atoms with Gasteiger partial charge in [-0.3, -0.25) is 9.10 Å². The highest BCUT2D eigenvalue weighted by atomic mass is 32.2. The van der Waals surface area contributed by atoms with Crippen LogP contribution in [0.15, 0.2) is 89.8 Å². The normalized spacial score (nSPS) is 12.0. The molecule has 3 rings (SSSR count). The molecule has 0 saturated heterocycles. The predicted octanol–water partition coefficient (Wildman–Crippen LogP) is 3.72. The van der Waals surface area contributed by atoms with Crippen LogP contribution in [0.2, 0.25) is 0 Å². The van der Waals surface area contributed by atoms with Crippen LogP contribution in [-0.2, 0) is 26.1 Å². The third kappa shape index (κ3) is 5.78. The molecule has 7 nitrogen and oxygen atoms in total. The summed E-state index contributed by atoms with van der Waals surface area (Å²) in [5.74, 6) is -1.04. The second-order valence-electron chi connectivity index (χ2n) is 7.56. The summed E-state index contributed by atoms with van der Waals surface area (Å²) in [7, 11) is -0.686. The van der Waals surface area contributed by atoms with Crippen LogP contribution in [0.25, 0.3) is 0 Å². The largest absolute Gasteiger partial charge is 0.449 e. The van der Waals surface area contributed by atoms with Crippen molar-refractivity contribution in [3.05, 3.63) is 96.1 Å². The Bertz CT molecular complexity index is 1200. The van der Waals surface area contributed by atoms with E-state index < -0.39 is 22.1 Å². The Morgan fingerprint density at radius 1 is 0.848 bits per heavy atom. The summed E-state index contributed by atoms with van der Waals surface area (Å²) < 4.78 is 32.2. The Balaban J connectivity index is 1.64. The maximum atomic E-state index is 12.9. The van der Waals surface area contributed by atoms with E-state index in [4.69, 9.17) is 4.74 Å². The van der Waals surface area contributed by atoms with E-state index in [1.165, 1.54) is 47.4 Å². The molecule has 0 saturated carbocycles. The molecule has 8 heteroatoms. The molecule has 172 valence electrons. The Morgan fingerprint density at radius 3 is 1.97 bits per heavy atom. The number of benzene rings is 3. The van der Waals surface area contributed by atoms with Gasteiger partial charge in [0.2, 0.25) is 0 Å². The number of nitrogens with zero attached hydrogens (tertiary/aromatic N) is 2. The van der Waals surface area contributed by atoms with Gasteiger partial charge in [0.05, 0.1) is 16.1 Å². The van der Waals surface area contributed by atoms with Crippen LogP contribution in [-0.4, -0.2) is 45.4 Å². The summed E-state index contributed by atoms with van der Waals surface area (Å²) in [4.78, 5) is 26.6. The zero-order valence-electron chi connectivity index (χ0n) is 18.7. The van der Waals surface area contributed by atoms with Crippen molar-refractivity contribution in [1.29, 1.82) is 0 Å². The number of para-hydroxylation sites is 1.